The monoisotopic (exact) mass is 208 g/mol. The summed E-state index contributed by atoms with van der Waals surface area (Å²) in [5, 5.41) is 9.44. The number of phenols is 1. The van der Waals surface area contributed by atoms with Gasteiger partial charge in [-0.2, -0.15) is 0 Å². The number of carbonyl (C=O) groups excluding carboxylic acids is 1. The number of aromatic hydroxyl groups is 1. The van der Waals surface area contributed by atoms with Gasteiger partial charge in [0.2, 0.25) is 0 Å². The lowest BCUT2D eigenvalue weighted by molar-refractivity contribution is 0.00691. The molecule has 0 amide bonds. The average molecular weight is 208 g/mol. The quantitative estimate of drug-likeness (QED) is 0.722. The van der Waals surface area contributed by atoms with E-state index in [-0.39, 0.29) is 5.75 Å². The lowest BCUT2D eigenvalue weighted by Crippen LogP contribution is -2.23. The summed E-state index contributed by atoms with van der Waals surface area (Å²) in [6, 6.07) is 4.75. The van der Waals surface area contributed by atoms with Crippen molar-refractivity contribution in [3.05, 3.63) is 29.3 Å². The van der Waals surface area contributed by atoms with Crippen molar-refractivity contribution in [2.24, 2.45) is 0 Å². The van der Waals surface area contributed by atoms with Gasteiger partial charge in [0.25, 0.3) is 0 Å². The van der Waals surface area contributed by atoms with Crippen molar-refractivity contribution in [1.29, 1.82) is 0 Å². The van der Waals surface area contributed by atoms with E-state index in [9.17, 15) is 9.90 Å². The topological polar surface area (TPSA) is 46.5 Å². The number of aryl methyl sites for hydroxylation is 1. The molecule has 1 N–H and O–H groups in total. The second-order valence-corrected chi connectivity index (χ2v) is 4.50. The summed E-state index contributed by atoms with van der Waals surface area (Å²) in [6.07, 6.45) is 0. The van der Waals surface area contributed by atoms with Crippen LogP contribution in [0.5, 0.6) is 5.75 Å². The molecule has 15 heavy (non-hydrogen) atoms. The molecule has 0 atom stereocenters. The van der Waals surface area contributed by atoms with E-state index in [2.05, 4.69) is 0 Å². The first kappa shape index (κ1) is 11.6. The van der Waals surface area contributed by atoms with Crippen LogP contribution in [-0.2, 0) is 4.74 Å². The Balaban J connectivity index is 2.88. The highest BCUT2D eigenvalue weighted by atomic mass is 16.6. The Morgan fingerprint density at radius 3 is 2.40 bits per heavy atom. The van der Waals surface area contributed by atoms with Crippen LogP contribution in [0.15, 0.2) is 18.2 Å². The summed E-state index contributed by atoms with van der Waals surface area (Å²) in [4.78, 5) is 11.6. The number of benzene rings is 1. The summed E-state index contributed by atoms with van der Waals surface area (Å²) in [5.41, 5.74) is 0.591. The van der Waals surface area contributed by atoms with Crippen LogP contribution in [0.25, 0.3) is 0 Å². The molecule has 0 aliphatic heterocycles. The molecule has 0 aromatic heterocycles. The van der Waals surface area contributed by atoms with E-state index in [0.717, 1.165) is 5.56 Å². The molecule has 0 aliphatic carbocycles. The zero-order valence-electron chi connectivity index (χ0n) is 9.50. The minimum absolute atomic E-state index is 0.110. The molecule has 0 spiro atoms. The predicted octanol–water partition coefficient (Wildman–Crippen LogP) is 2.66. The third-order valence-corrected chi connectivity index (χ3v) is 1.84. The smallest absolute Gasteiger partial charge is 0.338 e. The second-order valence-electron chi connectivity index (χ2n) is 4.50. The van der Waals surface area contributed by atoms with Crippen molar-refractivity contribution < 1.29 is 14.6 Å². The van der Waals surface area contributed by atoms with E-state index in [4.69, 9.17) is 4.74 Å². The highest BCUT2D eigenvalue weighted by Gasteiger charge is 2.18. The summed E-state index contributed by atoms with van der Waals surface area (Å²) in [5.74, 6) is -0.309. The van der Waals surface area contributed by atoms with Crippen LogP contribution < -0.4 is 0 Å². The summed E-state index contributed by atoms with van der Waals surface area (Å²) < 4.78 is 5.17. The van der Waals surface area contributed by atoms with E-state index in [1.807, 2.05) is 0 Å². The first-order valence-electron chi connectivity index (χ1n) is 4.82. The first-order valence-corrected chi connectivity index (χ1v) is 4.82. The maximum absolute atomic E-state index is 11.6. The van der Waals surface area contributed by atoms with Crippen molar-refractivity contribution in [1.82, 2.24) is 0 Å². The fraction of sp³-hybridized carbons (Fsp3) is 0.417. The third-order valence-electron chi connectivity index (χ3n) is 1.84. The highest BCUT2D eigenvalue weighted by Crippen LogP contribution is 2.19. The molecule has 0 heterocycles. The number of esters is 1. The Hall–Kier alpha value is -1.51. The standard InChI is InChI=1S/C12H16O3/c1-8-5-6-9(7-10(8)13)11(14)15-12(2,3)4/h5-7,13H,1-4H3. The van der Waals surface area contributed by atoms with Gasteiger partial charge in [0.1, 0.15) is 11.4 Å². The molecule has 3 heteroatoms. The molecule has 1 rings (SSSR count). The number of hydrogen-bond donors (Lipinski definition) is 1. The Bertz CT molecular complexity index is 375. The van der Waals surface area contributed by atoms with Crippen LogP contribution >= 0.6 is 0 Å². The van der Waals surface area contributed by atoms with E-state index in [1.54, 1.807) is 39.8 Å². The predicted molar refractivity (Wildman–Crippen MR) is 58.0 cm³/mol. The molecular weight excluding hydrogens is 192 g/mol. The normalized spacial score (nSPS) is 11.2. The molecule has 0 saturated heterocycles. The number of phenolic OH excluding ortho intramolecular Hbond substituents is 1. The number of carbonyl (C=O) groups is 1. The van der Waals surface area contributed by atoms with Gasteiger partial charge in [-0.05, 0) is 45.4 Å². The first-order chi connectivity index (χ1) is 6.79. The molecule has 0 bridgehead atoms. The molecule has 0 unspecified atom stereocenters. The molecule has 0 fully saturated rings. The maximum Gasteiger partial charge on any atom is 0.338 e. The van der Waals surface area contributed by atoms with Gasteiger partial charge < -0.3 is 9.84 Å². The van der Waals surface area contributed by atoms with Crippen LogP contribution in [0.4, 0.5) is 0 Å². The van der Waals surface area contributed by atoms with Crippen LogP contribution in [-0.4, -0.2) is 16.7 Å². The van der Waals surface area contributed by atoms with Crippen LogP contribution in [0, 0.1) is 6.92 Å². The van der Waals surface area contributed by atoms with E-state index >= 15 is 0 Å². The Labute approximate surface area is 89.7 Å². The van der Waals surface area contributed by atoms with E-state index in [0.29, 0.717) is 5.56 Å². The zero-order chi connectivity index (χ0) is 11.6. The van der Waals surface area contributed by atoms with Gasteiger partial charge in [0.05, 0.1) is 5.56 Å². The zero-order valence-corrected chi connectivity index (χ0v) is 9.50. The van der Waals surface area contributed by atoms with Gasteiger partial charge in [0.15, 0.2) is 0 Å². The third kappa shape index (κ3) is 3.27. The minimum atomic E-state index is -0.516. The lowest BCUT2D eigenvalue weighted by atomic mass is 10.1. The lowest BCUT2D eigenvalue weighted by Gasteiger charge is -2.19. The minimum Gasteiger partial charge on any atom is -0.508 e. The Morgan fingerprint density at radius 1 is 1.33 bits per heavy atom. The summed E-state index contributed by atoms with van der Waals surface area (Å²) >= 11 is 0. The number of rotatable bonds is 1. The molecule has 82 valence electrons. The number of hydrogen-bond acceptors (Lipinski definition) is 3. The molecule has 0 saturated carbocycles. The molecular formula is C12H16O3. The Morgan fingerprint density at radius 2 is 1.93 bits per heavy atom. The average Bonchev–Trinajstić information content (AvgIpc) is 2.06. The van der Waals surface area contributed by atoms with E-state index < -0.39 is 11.6 Å². The van der Waals surface area contributed by atoms with Crippen molar-refractivity contribution >= 4 is 5.97 Å². The van der Waals surface area contributed by atoms with Gasteiger partial charge in [-0.25, -0.2) is 4.79 Å². The maximum atomic E-state index is 11.6. The van der Waals surface area contributed by atoms with Crippen molar-refractivity contribution in [3.8, 4) is 5.75 Å². The fourth-order valence-electron chi connectivity index (χ4n) is 1.07. The van der Waals surface area contributed by atoms with Gasteiger partial charge in [-0.3, -0.25) is 0 Å². The van der Waals surface area contributed by atoms with E-state index in [1.165, 1.54) is 6.07 Å². The molecule has 3 nitrogen and oxygen atoms in total. The van der Waals surface area contributed by atoms with Crippen molar-refractivity contribution in [3.63, 3.8) is 0 Å². The molecule has 0 radical (unpaired) electrons. The fourth-order valence-corrected chi connectivity index (χ4v) is 1.07. The van der Waals surface area contributed by atoms with Crippen molar-refractivity contribution in [2.75, 3.05) is 0 Å². The van der Waals surface area contributed by atoms with Crippen LogP contribution in [0.1, 0.15) is 36.7 Å². The highest BCUT2D eigenvalue weighted by molar-refractivity contribution is 5.90. The molecule has 1 aromatic rings. The van der Waals surface area contributed by atoms with Crippen molar-refractivity contribution in [2.45, 2.75) is 33.3 Å². The van der Waals surface area contributed by atoms with Gasteiger partial charge in [-0.1, -0.05) is 6.07 Å². The van der Waals surface area contributed by atoms with Gasteiger partial charge >= 0.3 is 5.97 Å². The second kappa shape index (κ2) is 3.93. The summed E-state index contributed by atoms with van der Waals surface area (Å²) in [7, 11) is 0. The van der Waals surface area contributed by atoms with Gasteiger partial charge in [0, 0.05) is 0 Å². The Kier molecular flexibility index (Phi) is 3.03. The molecule has 0 aliphatic rings. The largest absolute Gasteiger partial charge is 0.508 e. The van der Waals surface area contributed by atoms with Gasteiger partial charge in [-0.15, -0.1) is 0 Å². The van der Waals surface area contributed by atoms with Crippen LogP contribution in [0.2, 0.25) is 0 Å². The molecule has 1 aromatic carbocycles. The van der Waals surface area contributed by atoms with Crippen LogP contribution in [0.3, 0.4) is 0 Å². The SMILES string of the molecule is Cc1ccc(C(=O)OC(C)(C)C)cc1O. The summed E-state index contributed by atoms with van der Waals surface area (Å²) in [6.45, 7) is 7.19. The number of ether oxygens (including phenoxy) is 1.